The molecule has 6 nitrogen and oxygen atoms in total. The number of fused-ring (bicyclic) bond motifs is 1. The third-order valence-corrected chi connectivity index (χ3v) is 4.62. The monoisotopic (exact) mass is 365 g/mol. The second-order valence-corrected chi connectivity index (χ2v) is 6.04. The van der Waals surface area contributed by atoms with E-state index >= 15 is 0 Å². The van der Waals surface area contributed by atoms with Gasteiger partial charge in [0.2, 0.25) is 0 Å². The van der Waals surface area contributed by atoms with E-state index in [2.05, 4.69) is 10.2 Å². The Hall–Kier alpha value is -3.15. The molecule has 0 N–H and O–H groups in total. The van der Waals surface area contributed by atoms with Crippen LogP contribution in [0.15, 0.2) is 42.6 Å². The summed E-state index contributed by atoms with van der Waals surface area (Å²) in [5.41, 5.74) is 3.14. The Bertz CT molecular complexity index is 968. The van der Waals surface area contributed by atoms with Gasteiger partial charge in [-0.05, 0) is 37.6 Å². The fourth-order valence-electron chi connectivity index (χ4n) is 3.13. The predicted octanol–water partition coefficient (Wildman–Crippen LogP) is 3.80. The van der Waals surface area contributed by atoms with Crippen LogP contribution >= 0.6 is 0 Å². The van der Waals surface area contributed by atoms with Gasteiger partial charge in [-0.2, -0.15) is 10.2 Å². The van der Waals surface area contributed by atoms with Crippen molar-refractivity contribution in [3.05, 3.63) is 48.2 Å². The number of carbonyl (C=O) groups is 1. The quantitative estimate of drug-likeness (QED) is 0.665. The normalized spacial score (nSPS) is 10.7. The van der Waals surface area contributed by atoms with E-state index in [1.54, 1.807) is 31.4 Å². The topological polar surface area (TPSA) is 64.6 Å². The highest BCUT2D eigenvalue weighted by atomic mass is 16.5. The van der Waals surface area contributed by atoms with Gasteiger partial charge in [-0.3, -0.25) is 4.79 Å². The second-order valence-electron chi connectivity index (χ2n) is 6.04. The highest BCUT2D eigenvalue weighted by molar-refractivity contribution is 5.99. The molecule has 0 aliphatic heterocycles. The molecule has 1 heterocycles. The Morgan fingerprint density at radius 2 is 1.74 bits per heavy atom. The molecule has 27 heavy (non-hydrogen) atoms. The van der Waals surface area contributed by atoms with Crippen LogP contribution in [0.4, 0.5) is 0 Å². The number of amides is 1. The van der Waals surface area contributed by atoms with Gasteiger partial charge in [-0.25, -0.2) is 0 Å². The second kappa shape index (κ2) is 8.03. The van der Waals surface area contributed by atoms with Gasteiger partial charge in [0.15, 0.2) is 11.5 Å². The zero-order valence-corrected chi connectivity index (χ0v) is 16.0. The zero-order valence-electron chi connectivity index (χ0n) is 16.0. The van der Waals surface area contributed by atoms with E-state index in [1.165, 1.54) is 0 Å². The lowest BCUT2D eigenvalue weighted by Crippen LogP contribution is -2.30. The molecule has 3 rings (SSSR count). The van der Waals surface area contributed by atoms with E-state index in [1.807, 2.05) is 44.2 Å². The highest BCUT2D eigenvalue weighted by Gasteiger charge is 2.15. The first-order chi connectivity index (χ1) is 13.1. The van der Waals surface area contributed by atoms with E-state index < -0.39 is 0 Å². The van der Waals surface area contributed by atoms with Gasteiger partial charge in [-0.15, -0.1) is 0 Å². The molecule has 0 atom stereocenters. The number of carbonyl (C=O) groups excluding carboxylic acids is 1. The van der Waals surface area contributed by atoms with E-state index in [0.29, 0.717) is 35.7 Å². The van der Waals surface area contributed by atoms with E-state index in [9.17, 15) is 4.79 Å². The molecular formula is C21H23N3O3. The van der Waals surface area contributed by atoms with Gasteiger partial charge < -0.3 is 14.4 Å². The summed E-state index contributed by atoms with van der Waals surface area (Å²) in [5.74, 6) is 1.24. The first-order valence-corrected chi connectivity index (χ1v) is 8.90. The van der Waals surface area contributed by atoms with Crippen molar-refractivity contribution in [2.75, 3.05) is 27.3 Å². The van der Waals surface area contributed by atoms with E-state index in [0.717, 1.165) is 16.5 Å². The minimum absolute atomic E-state index is 0.0208. The lowest BCUT2D eigenvalue weighted by atomic mass is 10.00. The van der Waals surface area contributed by atoms with Gasteiger partial charge in [0.1, 0.15) is 0 Å². The van der Waals surface area contributed by atoms with Crippen LogP contribution in [-0.2, 0) is 0 Å². The summed E-state index contributed by atoms with van der Waals surface area (Å²) in [6, 6.07) is 11.3. The Morgan fingerprint density at radius 3 is 2.41 bits per heavy atom. The lowest BCUT2D eigenvalue weighted by Gasteiger charge is -2.19. The van der Waals surface area contributed by atoms with Crippen LogP contribution in [0.1, 0.15) is 24.2 Å². The molecule has 0 saturated carbocycles. The summed E-state index contributed by atoms with van der Waals surface area (Å²) in [4.78, 5) is 14.5. The Kier molecular flexibility index (Phi) is 5.54. The molecule has 0 aliphatic rings. The van der Waals surface area contributed by atoms with Crippen LogP contribution in [0.3, 0.4) is 0 Å². The van der Waals surface area contributed by atoms with Gasteiger partial charge >= 0.3 is 0 Å². The smallest absolute Gasteiger partial charge is 0.253 e. The summed E-state index contributed by atoms with van der Waals surface area (Å²) in [6.07, 6.45) is 1.70. The molecule has 0 spiro atoms. The first-order valence-electron chi connectivity index (χ1n) is 8.90. The lowest BCUT2D eigenvalue weighted by molar-refractivity contribution is 0.0773. The Balaban J connectivity index is 2.13. The number of rotatable bonds is 6. The average molecular weight is 365 g/mol. The SMILES string of the molecule is CCN(CC)C(=O)c1cccc(-c2cnnc3cc(OC)c(OC)cc23)c1. The molecule has 0 fully saturated rings. The number of hydrogen-bond acceptors (Lipinski definition) is 5. The molecule has 0 radical (unpaired) electrons. The standard InChI is InChI=1S/C21H23N3O3/c1-5-24(6-2)21(25)15-9-7-8-14(10-15)17-13-22-23-18-12-20(27-4)19(26-3)11-16(17)18/h7-13H,5-6H2,1-4H3. The van der Waals surface area contributed by atoms with Crippen molar-refractivity contribution < 1.29 is 14.3 Å². The van der Waals surface area contributed by atoms with Crippen molar-refractivity contribution in [2.45, 2.75) is 13.8 Å². The molecule has 0 unspecified atom stereocenters. The van der Waals surface area contributed by atoms with E-state index in [4.69, 9.17) is 9.47 Å². The fraction of sp³-hybridized carbons (Fsp3) is 0.286. The van der Waals surface area contributed by atoms with Crippen molar-refractivity contribution in [1.82, 2.24) is 15.1 Å². The van der Waals surface area contributed by atoms with Gasteiger partial charge in [-0.1, -0.05) is 12.1 Å². The fourth-order valence-corrected chi connectivity index (χ4v) is 3.13. The van der Waals surface area contributed by atoms with Crippen molar-refractivity contribution in [3.8, 4) is 22.6 Å². The summed E-state index contributed by atoms with van der Waals surface area (Å²) in [5, 5.41) is 9.21. The van der Waals surface area contributed by atoms with Crippen molar-refractivity contribution in [1.29, 1.82) is 0 Å². The Morgan fingerprint density at radius 1 is 1.04 bits per heavy atom. The summed E-state index contributed by atoms with van der Waals surface area (Å²) < 4.78 is 10.8. The molecule has 1 amide bonds. The number of nitrogens with zero attached hydrogens (tertiary/aromatic N) is 3. The van der Waals surface area contributed by atoms with Crippen molar-refractivity contribution in [2.24, 2.45) is 0 Å². The van der Waals surface area contributed by atoms with Crippen LogP contribution in [0, 0.1) is 0 Å². The molecule has 6 heteroatoms. The summed E-state index contributed by atoms with van der Waals surface area (Å²) >= 11 is 0. The third-order valence-electron chi connectivity index (χ3n) is 4.62. The number of aromatic nitrogens is 2. The first kappa shape index (κ1) is 18.6. The van der Waals surface area contributed by atoms with Crippen LogP contribution in [0.25, 0.3) is 22.0 Å². The van der Waals surface area contributed by atoms with Gasteiger partial charge in [0.25, 0.3) is 5.91 Å². The number of ether oxygens (including phenoxy) is 2. The van der Waals surface area contributed by atoms with Crippen LogP contribution in [0.5, 0.6) is 11.5 Å². The molecule has 0 saturated heterocycles. The van der Waals surface area contributed by atoms with Gasteiger partial charge in [0, 0.05) is 35.7 Å². The van der Waals surface area contributed by atoms with E-state index in [-0.39, 0.29) is 5.91 Å². The third kappa shape index (κ3) is 3.56. The highest BCUT2D eigenvalue weighted by Crippen LogP contribution is 2.35. The van der Waals surface area contributed by atoms with Crippen LogP contribution in [0.2, 0.25) is 0 Å². The minimum atomic E-state index is 0.0208. The van der Waals surface area contributed by atoms with Crippen LogP contribution in [-0.4, -0.2) is 48.3 Å². The average Bonchev–Trinajstić information content (AvgIpc) is 2.73. The molecule has 0 aliphatic carbocycles. The molecule has 0 bridgehead atoms. The largest absolute Gasteiger partial charge is 0.493 e. The molecule has 1 aromatic heterocycles. The Labute approximate surface area is 158 Å². The zero-order chi connectivity index (χ0) is 19.4. The summed E-state index contributed by atoms with van der Waals surface area (Å²) in [6.45, 7) is 5.31. The van der Waals surface area contributed by atoms with Crippen LogP contribution < -0.4 is 9.47 Å². The molecule has 3 aromatic rings. The van der Waals surface area contributed by atoms with Gasteiger partial charge in [0.05, 0.1) is 25.9 Å². The summed E-state index contributed by atoms with van der Waals surface area (Å²) in [7, 11) is 3.19. The number of hydrogen-bond donors (Lipinski definition) is 0. The number of methoxy groups -OCH3 is 2. The molecular weight excluding hydrogens is 342 g/mol. The maximum absolute atomic E-state index is 12.7. The predicted molar refractivity (Wildman–Crippen MR) is 105 cm³/mol. The maximum Gasteiger partial charge on any atom is 0.253 e. The molecule has 140 valence electrons. The minimum Gasteiger partial charge on any atom is -0.493 e. The maximum atomic E-state index is 12.7. The van der Waals surface area contributed by atoms with Crippen molar-refractivity contribution in [3.63, 3.8) is 0 Å². The van der Waals surface area contributed by atoms with Crippen molar-refractivity contribution >= 4 is 16.8 Å². The number of benzene rings is 2. The molecule has 2 aromatic carbocycles.